The number of amides is 1. The summed E-state index contributed by atoms with van der Waals surface area (Å²) in [7, 11) is 0. The first-order chi connectivity index (χ1) is 9.65. The fourth-order valence-electron chi connectivity index (χ4n) is 2.36. The van der Waals surface area contributed by atoms with Crippen molar-refractivity contribution in [3.63, 3.8) is 0 Å². The molecule has 0 saturated carbocycles. The van der Waals surface area contributed by atoms with Crippen LogP contribution in [0.2, 0.25) is 0 Å². The highest BCUT2D eigenvalue weighted by atomic mass is 16.5. The van der Waals surface area contributed by atoms with Crippen LogP contribution in [0.4, 0.5) is 0 Å². The summed E-state index contributed by atoms with van der Waals surface area (Å²) in [6, 6.07) is 8.17. The van der Waals surface area contributed by atoms with Gasteiger partial charge in [0.15, 0.2) is 6.61 Å². The highest BCUT2D eigenvalue weighted by Crippen LogP contribution is 2.19. The summed E-state index contributed by atoms with van der Waals surface area (Å²) in [6.45, 7) is 6.27. The van der Waals surface area contributed by atoms with Crippen molar-refractivity contribution in [2.45, 2.75) is 38.6 Å². The standard InChI is InChI=1S/C16H24N2O2/c1-12(2)13-5-3-7-15(9-13)20-11-16(19)18-14-6-4-8-17-10-14/h3,5,7,9,12,14,17H,4,6,8,10-11H2,1-2H3,(H,18,19). The van der Waals surface area contributed by atoms with Gasteiger partial charge in [0.05, 0.1) is 0 Å². The topological polar surface area (TPSA) is 50.4 Å². The van der Waals surface area contributed by atoms with Crippen molar-refractivity contribution in [2.24, 2.45) is 0 Å². The molecular formula is C16H24N2O2. The highest BCUT2D eigenvalue weighted by molar-refractivity contribution is 5.77. The van der Waals surface area contributed by atoms with Crippen molar-refractivity contribution < 1.29 is 9.53 Å². The van der Waals surface area contributed by atoms with E-state index in [1.54, 1.807) is 0 Å². The van der Waals surface area contributed by atoms with E-state index in [1.165, 1.54) is 5.56 Å². The van der Waals surface area contributed by atoms with Gasteiger partial charge in [0, 0.05) is 12.6 Å². The number of benzene rings is 1. The number of carbonyl (C=O) groups excluding carboxylic acids is 1. The molecule has 0 spiro atoms. The Bertz CT molecular complexity index is 440. The van der Waals surface area contributed by atoms with Crippen molar-refractivity contribution in [2.75, 3.05) is 19.7 Å². The Hall–Kier alpha value is -1.55. The Kier molecular flexibility index (Phi) is 5.41. The van der Waals surface area contributed by atoms with Gasteiger partial charge in [-0.25, -0.2) is 0 Å². The molecule has 1 saturated heterocycles. The number of piperidine rings is 1. The Morgan fingerprint density at radius 2 is 2.35 bits per heavy atom. The van der Waals surface area contributed by atoms with Crippen LogP contribution in [-0.4, -0.2) is 31.6 Å². The molecule has 1 aliphatic rings. The van der Waals surface area contributed by atoms with Crippen LogP contribution in [0, 0.1) is 0 Å². The van der Waals surface area contributed by atoms with Gasteiger partial charge in [-0.15, -0.1) is 0 Å². The molecule has 0 bridgehead atoms. The maximum atomic E-state index is 11.8. The van der Waals surface area contributed by atoms with Crippen molar-refractivity contribution in [1.82, 2.24) is 10.6 Å². The molecule has 4 heteroatoms. The lowest BCUT2D eigenvalue weighted by molar-refractivity contribution is -0.123. The summed E-state index contributed by atoms with van der Waals surface area (Å²) < 4.78 is 5.57. The van der Waals surface area contributed by atoms with E-state index in [9.17, 15) is 4.79 Å². The molecule has 1 fully saturated rings. The van der Waals surface area contributed by atoms with Crippen molar-refractivity contribution in [1.29, 1.82) is 0 Å². The van der Waals surface area contributed by atoms with Gasteiger partial charge in [-0.05, 0) is 43.0 Å². The molecule has 1 amide bonds. The summed E-state index contributed by atoms with van der Waals surface area (Å²) in [5.74, 6) is 1.17. The Balaban J connectivity index is 1.79. The number of hydrogen-bond acceptors (Lipinski definition) is 3. The zero-order chi connectivity index (χ0) is 14.4. The third-order valence-corrected chi connectivity index (χ3v) is 3.56. The van der Waals surface area contributed by atoms with Gasteiger partial charge in [0.25, 0.3) is 5.91 Å². The average molecular weight is 276 g/mol. The number of carbonyl (C=O) groups is 1. The fourth-order valence-corrected chi connectivity index (χ4v) is 2.36. The van der Waals surface area contributed by atoms with Crippen LogP contribution in [0.5, 0.6) is 5.75 Å². The lowest BCUT2D eigenvalue weighted by Crippen LogP contribution is -2.46. The van der Waals surface area contributed by atoms with Crippen LogP contribution in [0.3, 0.4) is 0 Å². The van der Waals surface area contributed by atoms with Gasteiger partial charge < -0.3 is 15.4 Å². The SMILES string of the molecule is CC(C)c1cccc(OCC(=O)NC2CCCNC2)c1. The molecule has 1 aliphatic heterocycles. The minimum Gasteiger partial charge on any atom is -0.484 e. The molecule has 1 unspecified atom stereocenters. The molecule has 2 rings (SSSR count). The predicted molar refractivity (Wildman–Crippen MR) is 80.1 cm³/mol. The second-order valence-corrected chi connectivity index (χ2v) is 5.63. The number of ether oxygens (including phenoxy) is 1. The molecule has 1 atom stereocenters. The van der Waals surface area contributed by atoms with Crippen molar-refractivity contribution >= 4 is 5.91 Å². The van der Waals surface area contributed by atoms with Gasteiger partial charge in [-0.1, -0.05) is 26.0 Å². The summed E-state index contributed by atoms with van der Waals surface area (Å²) in [4.78, 5) is 11.8. The summed E-state index contributed by atoms with van der Waals surface area (Å²) in [5, 5.41) is 6.28. The van der Waals surface area contributed by atoms with Crippen molar-refractivity contribution in [3.8, 4) is 5.75 Å². The molecule has 1 heterocycles. The first kappa shape index (κ1) is 14.9. The lowest BCUT2D eigenvalue weighted by atomic mass is 10.0. The smallest absolute Gasteiger partial charge is 0.258 e. The molecule has 110 valence electrons. The third-order valence-electron chi connectivity index (χ3n) is 3.56. The highest BCUT2D eigenvalue weighted by Gasteiger charge is 2.15. The first-order valence-corrected chi connectivity index (χ1v) is 7.38. The molecule has 0 aliphatic carbocycles. The minimum atomic E-state index is -0.0475. The maximum absolute atomic E-state index is 11.8. The second kappa shape index (κ2) is 7.29. The zero-order valence-electron chi connectivity index (χ0n) is 12.3. The Labute approximate surface area is 120 Å². The number of rotatable bonds is 5. The Morgan fingerprint density at radius 1 is 1.50 bits per heavy atom. The van der Waals surface area contributed by atoms with E-state index < -0.39 is 0 Å². The minimum absolute atomic E-state index is 0.0475. The largest absolute Gasteiger partial charge is 0.484 e. The molecule has 0 radical (unpaired) electrons. The number of hydrogen-bond donors (Lipinski definition) is 2. The zero-order valence-corrected chi connectivity index (χ0v) is 12.3. The van der Waals surface area contributed by atoms with Crippen LogP contribution in [0.15, 0.2) is 24.3 Å². The lowest BCUT2D eigenvalue weighted by Gasteiger charge is -2.23. The molecule has 2 N–H and O–H groups in total. The molecular weight excluding hydrogens is 252 g/mol. The maximum Gasteiger partial charge on any atom is 0.258 e. The Morgan fingerprint density at radius 3 is 3.05 bits per heavy atom. The molecule has 1 aromatic rings. The van der Waals surface area contributed by atoms with Crippen LogP contribution in [0.1, 0.15) is 38.2 Å². The van der Waals surface area contributed by atoms with Crippen LogP contribution in [0.25, 0.3) is 0 Å². The van der Waals surface area contributed by atoms with Crippen molar-refractivity contribution in [3.05, 3.63) is 29.8 Å². The predicted octanol–water partition coefficient (Wildman–Crippen LogP) is 2.06. The van der Waals surface area contributed by atoms with E-state index in [1.807, 2.05) is 18.2 Å². The van der Waals surface area contributed by atoms with Crippen LogP contribution >= 0.6 is 0 Å². The van der Waals surface area contributed by atoms with Crippen LogP contribution in [-0.2, 0) is 4.79 Å². The van der Waals surface area contributed by atoms with E-state index in [4.69, 9.17) is 4.74 Å². The summed E-state index contributed by atoms with van der Waals surface area (Å²) >= 11 is 0. The quantitative estimate of drug-likeness (QED) is 0.865. The summed E-state index contributed by atoms with van der Waals surface area (Å²) in [5.41, 5.74) is 1.22. The van der Waals surface area contributed by atoms with E-state index in [2.05, 4.69) is 30.5 Å². The molecule has 1 aromatic carbocycles. The van der Waals surface area contributed by atoms with E-state index in [0.29, 0.717) is 5.92 Å². The fraction of sp³-hybridized carbons (Fsp3) is 0.562. The average Bonchev–Trinajstić information content (AvgIpc) is 2.46. The van der Waals surface area contributed by atoms with Gasteiger partial charge >= 0.3 is 0 Å². The normalized spacial score (nSPS) is 18.9. The summed E-state index contributed by atoms with van der Waals surface area (Å²) in [6.07, 6.45) is 2.16. The number of nitrogens with one attached hydrogen (secondary N) is 2. The van der Waals surface area contributed by atoms with Crippen LogP contribution < -0.4 is 15.4 Å². The second-order valence-electron chi connectivity index (χ2n) is 5.63. The van der Waals surface area contributed by atoms with E-state index in [0.717, 1.165) is 31.7 Å². The van der Waals surface area contributed by atoms with Gasteiger partial charge in [-0.3, -0.25) is 4.79 Å². The first-order valence-electron chi connectivity index (χ1n) is 7.38. The molecule has 4 nitrogen and oxygen atoms in total. The van der Waals surface area contributed by atoms with E-state index in [-0.39, 0.29) is 18.6 Å². The monoisotopic (exact) mass is 276 g/mol. The van der Waals surface area contributed by atoms with Gasteiger partial charge in [0.1, 0.15) is 5.75 Å². The van der Waals surface area contributed by atoms with Gasteiger partial charge in [-0.2, -0.15) is 0 Å². The third kappa shape index (κ3) is 4.53. The van der Waals surface area contributed by atoms with Gasteiger partial charge in [0.2, 0.25) is 0 Å². The molecule has 0 aromatic heterocycles. The van der Waals surface area contributed by atoms with E-state index >= 15 is 0 Å². The molecule has 20 heavy (non-hydrogen) atoms.